The van der Waals surface area contributed by atoms with Crippen molar-refractivity contribution in [2.24, 2.45) is 5.92 Å². The Hall–Kier alpha value is -3.61. The monoisotopic (exact) mass is 563 g/mol. The average Bonchev–Trinajstić information content (AvgIpc) is 3.49. The number of allylic oxidation sites excluding steroid dienone is 2. The molecule has 1 N–H and O–H groups in total. The Morgan fingerprint density at radius 3 is 2.54 bits per heavy atom. The molecule has 3 heterocycles. The second kappa shape index (κ2) is 12.5. The molecule has 41 heavy (non-hydrogen) atoms. The zero-order valence-corrected chi connectivity index (χ0v) is 23.6. The van der Waals surface area contributed by atoms with Crippen LogP contribution in [0.3, 0.4) is 0 Å². The predicted octanol–water partition coefficient (Wildman–Crippen LogP) is 5.33. The molecule has 1 atom stereocenters. The molecule has 9 heteroatoms. The van der Waals surface area contributed by atoms with E-state index in [-0.39, 0.29) is 23.7 Å². The van der Waals surface area contributed by atoms with Crippen LogP contribution in [0.2, 0.25) is 0 Å². The van der Waals surface area contributed by atoms with Gasteiger partial charge in [-0.05, 0) is 62.1 Å². The van der Waals surface area contributed by atoms with Crippen LogP contribution in [-0.4, -0.2) is 67.0 Å². The van der Waals surface area contributed by atoms with Crippen LogP contribution in [0.1, 0.15) is 42.9 Å². The maximum atomic E-state index is 14.0. The fourth-order valence-electron chi connectivity index (χ4n) is 5.41. The lowest BCUT2D eigenvalue weighted by atomic mass is 9.89. The quantitative estimate of drug-likeness (QED) is 0.499. The molecule has 0 spiro atoms. The number of nitrogens with one attached hydrogen (secondary N) is 1. The fourth-order valence-corrected chi connectivity index (χ4v) is 5.41. The van der Waals surface area contributed by atoms with Gasteiger partial charge in [0.05, 0.1) is 17.4 Å². The number of carbonyl (C=O) groups excluding carboxylic acids is 1. The summed E-state index contributed by atoms with van der Waals surface area (Å²) in [4.78, 5) is 23.9. The molecule has 3 aliphatic rings. The minimum absolute atomic E-state index is 0.120. The number of hydrogen-bond acceptors (Lipinski definition) is 5. The highest BCUT2D eigenvalue weighted by molar-refractivity contribution is 6.06. The number of anilines is 2. The Labute approximate surface area is 239 Å². The Balaban J connectivity index is 1.29. The summed E-state index contributed by atoms with van der Waals surface area (Å²) >= 11 is 0. The molecule has 2 aliphatic heterocycles. The Morgan fingerprint density at radius 2 is 1.80 bits per heavy atom. The van der Waals surface area contributed by atoms with Crippen molar-refractivity contribution < 1.29 is 18.0 Å². The lowest BCUT2D eigenvalue weighted by Gasteiger charge is -2.33. The molecule has 2 aromatic rings. The van der Waals surface area contributed by atoms with E-state index in [0.717, 1.165) is 62.2 Å². The molecule has 2 saturated heterocycles. The number of piperazine rings is 1. The summed E-state index contributed by atoms with van der Waals surface area (Å²) < 4.78 is 42.0. The minimum atomic E-state index is -4.52. The maximum Gasteiger partial charge on any atom is 0.416 e. The number of hydrogen-bond donors (Lipinski definition) is 1. The van der Waals surface area contributed by atoms with Crippen LogP contribution in [0, 0.1) is 17.8 Å². The molecule has 1 aliphatic carbocycles. The van der Waals surface area contributed by atoms with Crippen molar-refractivity contribution in [3.05, 3.63) is 76.6 Å². The van der Waals surface area contributed by atoms with Gasteiger partial charge in [-0.15, -0.1) is 0 Å². The summed E-state index contributed by atoms with van der Waals surface area (Å²) in [6.45, 7) is 7.39. The van der Waals surface area contributed by atoms with E-state index in [1.165, 1.54) is 18.9 Å². The van der Waals surface area contributed by atoms with Crippen molar-refractivity contribution in [3.8, 4) is 11.8 Å². The minimum Gasteiger partial charge on any atom is -0.370 e. The van der Waals surface area contributed by atoms with Crippen molar-refractivity contribution in [3.63, 3.8) is 0 Å². The average molecular weight is 564 g/mol. The number of pyridine rings is 1. The number of halogens is 3. The van der Waals surface area contributed by atoms with E-state index in [1.54, 1.807) is 18.3 Å². The van der Waals surface area contributed by atoms with E-state index in [4.69, 9.17) is 0 Å². The summed E-state index contributed by atoms with van der Waals surface area (Å²) in [5.74, 6) is 6.07. The number of aromatic nitrogens is 1. The van der Waals surface area contributed by atoms with Crippen molar-refractivity contribution in [2.45, 2.75) is 38.9 Å². The molecule has 0 saturated carbocycles. The molecule has 216 valence electrons. The topological polar surface area (TPSA) is 51.7 Å². The van der Waals surface area contributed by atoms with Crippen LogP contribution in [-0.2, 0) is 17.5 Å². The number of alkyl halides is 3. The molecule has 0 radical (unpaired) electrons. The second-order valence-corrected chi connectivity index (χ2v) is 11.2. The van der Waals surface area contributed by atoms with Gasteiger partial charge in [0.1, 0.15) is 0 Å². The van der Waals surface area contributed by atoms with Crippen LogP contribution < -0.4 is 10.2 Å². The molecule has 1 aromatic heterocycles. The SMILES string of the molecule is CC1CC=C(C(=O)Nc2ccc(CN3CCN(C)CC3)c(C(F)(F)F)c2)C=C1C#Cc1cncc(N2CCCC2)c1. The molecular weight excluding hydrogens is 527 g/mol. The first-order chi connectivity index (χ1) is 19.7. The lowest BCUT2D eigenvalue weighted by Crippen LogP contribution is -2.44. The third kappa shape index (κ3) is 7.38. The zero-order chi connectivity index (χ0) is 29.0. The summed E-state index contributed by atoms with van der Waals surface area (Å²) in [6.07, 6.45) is 5.58. The van der Waals surface area contributed by atoms with Gasteiger partial charge in [0.25, 0.3) is 5.91 Å². The number of nitrogens with zero attached hydrogens (tertiary/aromatic N) is 4. The molecule has 1 unspecified atom stereocenters. The standard InChI is InChI=1S/C32H36F3N5O/c1-23-5-7-26(18-25(23)8-6-24-17-29(21-36-20-24)40-11-3-4-12-40)31(41)37-28-10-9-27(30(19-28)32(33,34)35)22-39-15-13-38(2)14-16-39/h7,9-10,17-21,23H,3-5,11-16,22H2,1-2H3,(H,37,41). The molecular formula is C32H36F3N5O. The van der Waals surface area contributed by atoms with Gasteiger partial charge < -0.3 is 15.1 Å². The van der Waals surface area contributed by atoms with Crippen molar-refractivity contribution >= 4 is 17.3 Å². The Morgan fingerprint density at radius 1 is 1.05 bits per heavy atom. The van der Waals surface area contributed by atoms with Crippen LogP contribution in [0.25, 0.3) is 0 Å². The van der Waals surface area contributed by atoms with E-state index in [0.29, 0.717) is 12.0 Å². The molecule has 1 amide bonds. The van der Waals surface area contributed by atoms with Crippen molar-refractivity contribution in [2.75, 3.05) is 56.5 Å². The molecule has 1 aromatic carbocycles. The normalized spacial score (nSPS) is 20.2. The number of likely N-dealkylation sites (N-methyl/N-ethyl adjacent to an activating group) is 1. The van der Waals surface area contributed by atoms with E-state index in [1.807, 2.05) is 37.2 Å². The van der Waals surface area contributed by atoms with Gasteiger partial charge in [0.15, 0.2) is 0 Å². The highest BCUT2D eigenvalue weighted by Crippen LogP contribution is 2.35. The van der Waals surface area contributed by atoms with Crippen LogP contribution in [0.15, 0.2) is 60.0 Å². The van der Waals surface area contributed by atoms with Gasteiger partial charge in [-0.25, -0.2) is 0 Å². The largest absolute Gasteiger partial charge is 0.416 e. The smallest absolute Gasteiger partial charge is 0.370 e. The van der Waals surface area contributed by atoms with E-state index < -0.39 is 17.6 Å². The lowest BCUT2D eigenvalue weighted by molar-refractivity contribution is -0.138. The first kappa shape index (κ1) is 28.9. The highest BCUT2D eigenvalue weighted by atomic mass is 19.4. The van der Waals surface area contributed by atoms with Crippen molar-refractivity contribution in [1.29, 1.82) is 0 Å². The molecule has 5 rings (SSSR count). The number of amides is 1. The third-order valence-corrected chi connectivity index (χ3v) is 8.00. The van der Waals surface area contributed by atoms with E-state index in [2.05, 4.69) is 31.9 Å². The summed E-state index contributed by atoms with van der Waals surface area (Å²) in [5, 5.41) is 2.67. The van der Waals surface area contributed by atoms with Crippen molar-refractivity contribution in [1.82, 2.24) is 14.8 Å². The first-order valence-electron chi connectivity index (χ1n) is 14.2. The Bertz CT molecular complexity index is 1390. The van der Waals surface area contributed by atoms with Gasteiger partial charge in [-0.1, -0.05) is 30.9 Å². The van der Waals surface area contributed by atoms with Gasteiger partial charge in [-0.2, -0.15) is 13.2 Å². The number of benzene rings is 1. The zero-order valence-electron chi connectivity index (χ0n) is 23.6. The molecule has 6 nitrogen and oxygen atoms in total. The molecule has 2 fully saturated rings. The van der Waals surface area contributed by atoms with Gasteiger partial charge in [0.2, 0.25) is 0 Å². The second-order valence-electron chi connectivity index (χ2n) is 11.2. The van der Waals surface area contributed by atoms with Crippen LogP contribution in [0.4, 0.5) is 24.5 Å². The van der Waals surface area contributed by atoms with Crippen LogP contribution >= 0.6 is 0 Å². The van der Waals surface area contributed by atoms with E-state index in [9.17, 15) is 18.0 Å². The first-order valence-corrected chi connectivity index (χ1v) is 14.2. The highest BCUT2D eigenvalue weighted by Gasteiger charge is 2.34. The van der Waals surface area contributed by atoms with Gasteiger partial charge >= 0.3 is 6.18 Å². The summed E-state index contributed by atoms with van der Waals surface area (Å²) in [5.41, 5.74) is 2.69. The number of carbonyl (C=O) groups is 1. The number of rotatable bonds is 5. The third-order valence-electron chi connectivity index (χ3n) is 8.00. The molecule has 0 bridgehead atoms. The van der Waals surface area contributed by atoms with Gasteiger partial charge in [-0.3, -0.25) is 14.7 Å². The van der Waals surface area contributed by atoms with Gasteiger partial charge in [0, 0.05) is 74.4 Å². The van der Waals surface area contributed by atoms with Crippen LogP contribution in [0.5, 0.6) is 0 Å². The fraction of sp³-hybridized carbons (Fsp3) is 0.438. The summed E-state index contributed by atoms with van der Waals surface area (Å²) in [6, 6.07) is 6.11. The van der Waals surface area contributed by atoms with E-state index >= 15 is 0 Å². The predicted molar refractivity (Wildman–Crippen MR) is 155 cm³/mol. The maximum absolute atomic E-state index is 14.0. The summed E-state index contributed by atoms with van der Waals surface area (Å²) in [7, 11) is 2.01. The Kier molecular flexibility index (Phi) is 8.81.